The van der Waals surface area contributed by atoms with Crippen molar-refractivity contribution < 1.29 is 13.2 Å². The molecule has 10 heteroatoms. The van der Waals surface area contributed by atoms with E-state index in [1.165, 1.54) is 29.8 Å². The van der Waals surface area contributed by atoms with Gasteiger partial charge in [0.2, 0.25) is 15.9 Å². The molecule has 0 saturated carbocycles. The van der Waals surface area contributed by atoms with Gasteiger partial charge in [-0.25, -0.2) is 17.9 Å². The smallest absolute Gasteiger partial charge is 0.331 e. The van der Waals surface area contributed by atoms with Crippen LogP contribution in [0.4, 0.5) is 0 Å². The Morgan fingerprint density at radius 2 is 1.77 bits per heavy atom. The van der Waals surface area contributed by atoms with Crippen molar-refractivity contribution in [3.8, 4) is 0 Å². The summed E-state index contributed by atoms with van der Waals surface area (Å²) in [5.74, 6) is -0.275. The summed E-state index contributed by atoms with van der Waals surface area (Å²) in [6.07, 6.45) is 4.54. The van der Waals surface area contributed by atoms with Gasteiger partial charge in [0.25, 0.3) is 5.56 Å². The SMILES string of the molecule is CCC(C)NS(=O)(=O)c1ccc2c(c1)c(=O)n(CC(=O)N1CCCCCC1)c(=O)n2C. The molecule has 31 heavy (non-hydrogen) atoms. The fourth-order valence-electron chi connectivity index (χ4n) is 3.77. The number of benzene rings is 1. The van der Waals surface area contributed by atoms with E-state index in [1.54, 1.807) is 11.8 Å². The zero-order valence-corrected chi connectivity index (χ0v) is 19.1. The molecule has 0 spiro atoms. The molecule has 2 heterocycles. The van der Waals surface area contributed by atoms with Crippen LogP contribution in [0, 0.1) is 0 Å². The van der Waals surface area contributed by atoms with Crippen LogP contribution in [0.2, 0.25) is 0 Å². The average Bonchev–Trinajstić information content (AvgIpc) is 3.04. The summed E-state index contributed by atoms with van der Waals surface area (Å²) >= 11 is 0. The van der Waals surface area contributed by atoms with E-state index >= 15 is 0 Å². The van der Waals surface area contributed by atoms with E-state index in [9.17, 15) is 22.8 Å². The van der Waals surface area contributed by atoms with Gasteiger partial charge in [0.15, 0.2) is 0 Å². The van der Waals surface area contributed by atoms with Crippen molar-refractivity contribution in [2.75, 3.05) is 13.1 Å². The van der Waals surface area contributed by atoms with Crippen LogP contribution in [-0.2, 0) is 28.4 Å². The number of likely N-dealkylation sites (tertiary alicyclic amines) is 1. The molecule has 0 aliphatic carbocycles. The van der Waals surface area contributed by atoms with Gasteiger partial charge >= 0.3 is 5.69 Å². The fourth-order valence-corrected chi connectivity index (χ4v) is 5.13. The highest BCUT2D eigenvalue weighted by Gasteiger charge is 2.22. The second-order valence-corrected chi connectivity index (χ2v) is 9.85. The van der Waals surface area contributed by atoms with Gasteiger partial charge in [0, 0.05) is 26.2 Å². The minimum absolute atomic E-state index is 0.0542. The zero-order valence-electron chi connectivity index (χ0n) is 18.3. The first kappa shape index (κ1) is 23.2. The molecule has 9 nitrogen and oxygen atoms in total. The second-order valence-electron chi connectivity index (χ2n) is 8.14. The minimum atomic E-state index is -3.82. The van der Waals surface area contributed by atoms with Crippen molar-refractivity contribution in [1.82, 2.24) is 18.8 Å². The number of carbonyl (C=O) groups excluding carboxylic acids is 1. The van der Waals surface area contributed by atoms with Crippen molar-refractivity contribution in [2.45, 2.75) is 63.4 Å². The Hall–Kier alpha value is -2.46. The maximum Gasteiger partial charge on any atom is 0.331 e. The number of carbonyl (C=O) groups is 1. The maximum atomic E-state index is 13.1. The number of hydrogen-bond donors (Lipinski definition) is 1. The standard InChI is InChI=1S/C21H30N4O5S/c1-4-15(2)22-31(29,30)16-9-10-18-17(13-16)20(27)25(21(28)23(18)3)14-19(26)24-11-7-5-6-8-12-24/h9-10,13,15,22H,4-8,11-12,14H2,1-3H3. The van der Waals surface area contributed by atoms with Gasteiger partial charge in [-0.2, -0.15) is 0 Å². The molecule has 1 unspecified atom stereocenters. The Labute approximate surface area is 181 Å². The van der Waals surface area contributed by atoms with E-state index in [0.717, 1.165) is 30.3 Å². The summed E-state index contributed by atoms with van der Waals surface area (Å²) in [5, 5.41) is 0.0813. The lowest BCUT2D eigenvalue weighted by molar-refractivity contribution is -0.131. The molecular weight excluding hydrogens is 420 g/mol. The molecule has 1 aromatic heterocycles. The molecule has 1 aliphatic heterocycles. The predicted octanol–water partition coefficient (Wildman–Crippen LogP) is 1.18. The summed E-state index contributed by atoms with van der Waals surface area (Å²) in [7, 11) is -2.32. The predicted molar refractivity (Wildman–Crippen MR) is 119 cm³/mol. The molecule has 0 bridgehead atoms. The van der Waals surface area contributed by atoms with E-state index in [4.69, 9.17) is 0 Å². The quantitative estimate of drug-likeness (QED) is 0.711. The molecule has 1 atom stereocenters. The number of amides is 1. The first-order chi connectivity index (χ1) is 14.7. The van der Waals surface area contributed by atoms with Crippen molar-refractivity contribution in [3.05, 3.63) is 39.0 Å². The highest BCUT2D eigenvalue weighted by molar-refractivity contribution is 7.89. The van der Waals surface area contributed by atoms with Gasteiger partial charge in [-0.05, 0) is 44.4 Å². The summed E-state index contributed by atoms with van der Waals surface area (Å²) in [6.45, 7) is 4.49. The molecule has 1 amide bonds. The van der Waals surface area contributed by atoms with Crippen LogP contribution in [0.15, 0.2) is 32.7 Å². The lowest BCUT2D eigenvalue weighted by atomic mass is 10.2. The highest BCUT2D eigenvalue weighted by atomic mass is 32.2. The molecule has 0 radical (unpaired) electrons. The van der Waals surface area contributed by atoms with E-state index in [0.29, 0.717) is 25.0 Å². The van der Waals surface area contributed by atoms with Crippen LogP contribution in [0.25, 0.3) is 10.9 Å². The summed E-state index contributed by atoms with van der Waals surface area (Å²) in [6, 6.07) is 3.83. The van der Waals surface area contributed by atoms with Crippen LogP contribution < -0.4 is 16.0 Å². The average molecular weight is 451 g/mol. The van der Waals surface area contributed by atoms with Crippen molar-refractivity contribution in [3.63, 3.8) is 0 Å². The Balaban J connectivity index is 2.04. The van der Waals surface area contributed by atoms with Crippen molar-refractivity contribution in [1.29, 1.82) is 0 Å². The number of nitrogens with one attached hydrogen (secondary N) is 1. The van der Waals surface area contributed by atoms with Crippen LogP contribution >= 0.6 is 0 Å². The largest absolute Gasteiger partial charge is 0.341 e. The number of sulfonamides is 1. The topological polar surface area (TPSA) is 110 Å². The fraction of sp³-hybridized carbons (Fsp3) is 0.571. The zero-order chi connectivity index (χ0) is 22.8. The maximum absolute atomic E-state index is 13.1. The third-order valence-electron chi connectivity index (χ3n) is 5.85. The molecule has 1 aliphatic rings. The van der Waals surface area contributed by atoms with E-state index in [-0.39, 0.29) is 28.8 Å². The van der Waals surface area contributed by atoms with Crippen LogP contribution in [0.1, 0.15) is 46.0 Å². The Bertz CT molecular complexity index is 1190. The lowest BCUT2D eigenvalue weighted by Gasteiger charge is -2.21. The first-order valence-corrected chi connectivity index (χ1v) is 12.2. The number of aryl methyl sites for hydroxylation is 1. The summed E-state index contributed by atoms with van der Waals surface area (Å²) in [4.78, 5) is 40.3. The minimum Gasteiger partial charge on any atom is -0.341 e. The highest BCUT2D eigenvalue weighted by Crippen LogP contribution is 2.16. The van der Waals surface area contributed by atoms with Gasteiger partial charge < -0.3 is 4.90 Å². The number of hydrogen-bond acceptors (Lipinski definition) is 5. The van der Waals surface area contributed by atoms with Crippen LogP contribution in [-0.4, -0.2) is 47.5 Å². The summed E-state index contributed by atoms with van der Waals surface area (Å²) in [5.41, 5.74) is -0.952. The Morgan fingerprint density at radius 3 is 2.39 bits per heavy atom. The molecule has 1 aromatic carbocycles. The van der Waals surface area contributed by atoms with Gasteiger partial charge in [0.05, 0.1) is 15.8 Å². The van der Waals surface area contributed by atoms with Crippen molar-refractivity contribution >= 4 is 26.8 Å². The van der Waals surface area contributed by atoms with E-state index < -0.39 is 21.3 Å². The number of aromatic nitrogens is 2. The van der Waals surface area contributed by atoms with Crippen molar-refractivity contribution in [2.24, 2.45) is 7.05 Å². The molecule has 170 valence electrons. The number of fused-ring (bicyclic) bond motifs is 1. The molecule has 1 saturated heterocycles. The number of rotatable bonds is 6. The van der Waals surface area contributed by atoms with Gasteiger partial charge in [-0.15, -0.1) is 0 Å². The molecular formula is C21H30N4O5S. The summed E-state index contributed by atoms with van der Waals surface area (Å²) < 4.78 is 30.0. The third-order valence-corrected chi connectivity index (χ3v) is 7.44. The third kappa shape index (κ3) is 4.90. The molecule has 1 fully saturated rings. The molecule has 1 N–H and O–H groups in total. The second kappa shape index (κ2) is 9.35. The van der Waals surface area contributed by atoms with Crippen LogP contribution in [0.5, 0.6) is 0 Å². The molecule has 3 rings (SSSR count). The van der Waals surface area contributed by atoms with Gasteiger partial charge in [-0.1, -0.05) is 19.8 Å². The Kier molecular flexibility index (Phi) is 7.00. The Morgan fingerprint density at radius 1 is 1.13 bits per heavy atom. The monoisotopic (exact) mass is 450 g/mol. The van der Waals surface area contributed by atoms with E-state index in [2.05, 4.69) is 4.72 Å². The van der Waals surface area contributed by atoms with Gasteiger partial charge in [-0.3, -0.25) is 18.7 Å². The molecule has 2 aromatic rings. The van der Waals surface area contributed by atoms with Gasteiger partial charge in [0.1, 0.15) is 6.54 Å². The normalized spacial score (nSPS) is 16.3. The van der Waals surface area contributed by atoms with Crippen LogP contribution in [0.3, 0.4) is 0 Å². The first-order valence-electron chi connectivity index (χ1n) is 10.7. The lowest BCUT2D eigenvalue weighted by Crippen LogP contribution is -2.44. The van der Waals surface area contributed by atoms with E-state index in [1.807, 2.05) is 6.92 Å². The number of nitrogens with zero attached hydrogens (tertiary/aromatic N) is 3.